The zero-order chi connectivity index (χ0) is 20.2. The van der Waals surface area contributed by atoms with Gasteiger partial charge in [-0.25, -0.2) is 4.79 Å². The van der Waals surface area contributed by atoms with Gasteiger partial charge in [-0.1, -0.05) is 13.8 Å². The molecule has 0 aromatic carbocycles. The van der Waals surface area contributed by atoms with Crippen LogP contribution in [0, 0.1) is 11.8 Å². The highest BCUT2D eigenvalue weighted by atomic mass is 16.4. The first-order valence-corrected chi connectivity index (χ1v) is 8.29. The molecule has 0 spiro atoms. The fourth-order valence-corrected chi connectivity index (χ4v) is 2.95. The Morgan fingerprint density at radius 2 is 1.81 bits per heavy atom. The number of rotatable bonds is 9. The minimum absolute atomic E-state index is 0.128. The summed E-state index contributed by atoms with van der Waals surface area (Å²) in [6.45, 7) is 4.56. The predicted molar refractivity (Wildman–Crippen MR) is 88.9 cm³/mol. The van der Waals surface area contributed by atoms with Crippen molar-refractivity contribution in [2.24, 2.45) is 17.6 Å². The molecule has 0 saturated carbocycles. The molecule has 10 nitrogen and oxygen atoms in total. The van der Waals surface area contributed by atoms with Gasteiger partial charge < -0.3 is 26.2 Å². The zero-order valence-electron chi connectivity index (χ0n) is 15.0. The number of carbonyl (C=O) groups is 5. The number of carbonyl (C=O) groups excluding carboxylic acids is 3. The molecule has 1 aliphatic rings. The van der Waals surface area contributed by atoms with Crippen LogP contribution in [0.15, 0.2) is 0 Å². The molecule has 0 aromatic rings. The number of likely N-dealkylation sites (tertiary alicyclic amines) is 1. The number of hydrogen-bond acceptors (Lipinski definition) is 6. The molecule has 10 heteroatoms. The van der Waals surface area contributed by atoms with Crippen LogP contribution in [-0.4, -0.2) is 69.3 Å². The number of hydrogen-bond donors (Lipinski definition) is 4. The van der Waals surface area contributed by atoms with Crippen LogP contribution in [0.25, 0.3) is 0 Å². The van der Waals surface area contributed by atoms with Crippen LogP contribution < -0.4 is 11.1 Å². The summed E-state index contributed by atoms with van der Waals surface area (Å²) in [5.74, 6) is -5.51. The summed E-state index contributed by atoms with van der Waals surface area (Å²) in [5, 5.41) is 20.6. The van der Waals surface area contributed by atoms with E-state index >= 15 is 0 Å². The van der Waals surface area contributed by atoms with E-state index in [-0.39, 0.29) is 18.9 Å². The van der Waals surface area contributed by atoms with E-state index in [0.29, 0.717) is 0 Å². The molecule has 0 aliphatic carbocycles. The van der Waals surface area contributed by atoms with Gasteiger partial charge in [0.25, 0.3) is 0 Å². The van der Waals surface area contributed by atoms with Gasteiger partial charge in [0.15, 0.2) is 5.78 Å². The van der Waals surface area contributed by atoms with Crippen molar-refractivity contribution in [2.45, 2.75) is 51.7 Å². The third kappa shape index (κ3) is 5.25. The third-order valence-electron chi connectivity index (χ3n) is 4.23. The summed E-state index contributed by atoms with van der Waals surface area (Å²) >= 11 is 0. The van der Waals surface area contributed by atoms with E-state index in [1.165, 1.54) is 6.92 Å². The van der Waals surface area contributed by atoms with Crippen LogP contribution in [0.1, 0.15) is 33.6 Å². The maximum Gasteiger partial charge on any atom is 0.326 e. The van der Waals surface area contributed by atoms with Gasteiger partial charge in [0.2, 0.25) is 11.8 Å². The molecule has 0 bridgehead atoms. The monoisotopic (exact) mass is 371 g/mol. The molecule has 1 heterocycles. The Morgan fingerprint density at radius 3 is 2.23 bits per heavy atom. The van der Waals surface area contributed by atoms with Crippen LogP contribution in [-0.2, 0) is 24.0 Å². The minimum atomic E-state index is -1.33. The Hall–Kier alpha value is -2.49. The van der Waals surface area contributed by atoms with Crippen LogP contribution in [0.2, 0.25) is 0 Å². The quantitative estimate of drug-likeness (QED) is 0.393. The zero-order valence-corrected chi connectivity index (χ0v) is 15.0. The molecule has 1 aliphatic heterocycles. The van der Waals surface area contributed by atoms with Crippen LogP contribution in [0.4, 0.5) is 0 Å². The van der Waals surface area contributed by atoms with E-state index < -0.39 is 60.0 Å². The van der Waals surface area contributed by atoms with E-state index in [0.717, 1.165) is 4.90 Å². The van der Waals surface area contributed by atoms with E-state index in [2.05, 4.69) is 5.32 Å². The normalized spacial score (nSPS) is 20.6. The highest BCUT2D eigenvalue weighted by Crippen LogP contribution is 2.25. The molecular weight excluding hydrogens is 346 g/mol. The third-order valence-corrected chi connectivity index (χ3v) is 4.23. The molecule has 0 unspecified atom stereocenters. The van der Waals surface area contributed by atoms with E-state index in [4.69, 9.17) is 10.8 Å². The lowest BCUT2D eigenvalue weighted by atomic mass is 9.94. The number of amides is 2. The van der Waals surface area contributed by atoms with Gasteiger partial charge in [-0.05, 0) is 12.8 Å². The summed E-state index contributed by atoms with van der Waals surface area (Å²) in [6, 6.07) is -3.33. The van der Waals surface area contributed by atoms with Crippen LogP contribution >= 0.6 is 0 Å². The predicted octanol–water partition coefficient (Wildman–Crippen LogP) is -1.18. The maximum atomic E-state index is 12.6. The van der Waals surface area contributed by atoms with Gasteiger partial charge in [0.1, 0.15) is 6.04 Å². The summed E-state index contributed by atoms with van der Waals surface area (Å²) in [5.41, 5.74) is 5.42. The van der Waals surface area contributed by atoms with Crippen LogP contribution in [0.5, 0.6) is 0 Å². The van der Waals surface area contributed by atoms with E-state index in [9.17, 15) is 29.1 Å². The van der Waals surface area contributed by atoms with Gasteiger partial charge in [0.05, 0.1) is 18.5 Å². The van der Waals surface area contributed by atoms with Crippen molar-refractivity contribution >= 4 is 29.5 Å². The Balaban J connectivity index is 2.95. The fourth-order valence-electron chi connectivity index (χ4n) is 2.95. The Kier molecular flexibility index (Phi) is 7.25. The molecule has 1 rings (SSSR count). The van der Waals surface area contributed by atoms with Crippen molar-refractivity contribution in [1.29, 1.82) is 0 Å². The lowest BCUT2D eigenvalue weighted by molar-refractivity contribution is -0.150. The summed E-state index contributed by atoms with van der Waals surface area (Å²) in [6.07, 6.45) is -0.867. The number of carboxylic acid groups (broad SMARTS) is 2. The topological polar surface area (TPSA) is 167 Å². The van der Waals surface area contributed by atoms with Crippen molar-refractivity contribution in [3.05, 3.63) is 0 Å². The highest BCUT2D eigenvalue weighted by molar-refractivity contribution is 5.98. The Labute approximate surface area is 150 Å². The van der Waals surface area contributed by atoms with Crippen molar-refractivity contribution in [2.75, 3.05) is 6.54 Å². The van der Waals surface area contributed by atoms with Gasteiger partial charge in [-0.3, -0.25) is 19.2 Å². The van der Waals surface area contributed by atoms with Gasteiger partial charge in [-0.2, -0.15) is 0 Å². The lowest BCUT2D eigenvalue weighted by Gasteiger charge is -2.28. The molecule has 26 heavy (non-hydrogen) atoms. The first-order chi connectivity index (χ1) is 12.0. The summed E-state index contributed by atoms with van der Waals surface area (Å²) in [4.78, 5) is 60.1. The SMILES string of the molecule is CC(C)[C@@H](C(=O)O)N1C[C@@H](C(=O)[C@H](CC(=O)O)NC(=O)[C@H](C)N)CC1=O. The van der Waals surface area contributed by atoms with Crippen molar-refractivity contribution in [3.8, 4) is 0 Å². The molecule has 2 amide bonds. The molecule has 146 valence electrons. The molecule has 1 saturated heterocycles. The van der Waals surface area contributed by atoms with E-state index in [1.807, 2.05) is 0 Å². The van der Waals surface area contributed by atoms with Gasteiger partial charge in [0, 0.05) is 18.9 Å². The number of carboxylic acids is 2. The number of Topliss-reactive ketones (excluding diaryl/α,β-unsaturated/α-hetero) is 1. The first-order valence-electron chi connectivity index (χ1n) is 8.29. The van der Waals surface area contributed by atoms with Gasteiger partial charge in [-0.15, -0.1) is 0 Å². The van der Waals surface area contributed by atoms with Gasteiger partial charge >= 0.3 is 11.9 Å². The average molecular weight is 371 g/mol. The second-order valence-electron chi connectivity index (χ2n) is 6.82. The minimum Gasteiger partial charge on any atom is -0.481 e. The molecular formula is C16H25N3O7. The smallest absolute Gasteiger partial charge is 0.326 e. The number of nitrogens with zero attached hydrogens (tertiary/aromatic N) is 1. The largest absolute Gasteiger partial charge is 0.481 e. The van der Waals surface area contributed by atoms with Crippen LogP contribution in [0.3, 0.4) is 0 Å². The second kappa shape index (κ2) is 8.75. The Bertz CT molecular complexity index is 603. The highest BCUT2D eigenvalue weighted by Gasteiger charge is 2.43. The number of ketones is 1. The molecule has 0 aromatic heterocycles. The number of aliphatic carboxylic acids is 2. The number of nitrogens with two attached hydrogens (primary N) is 1. The molecule has 1 fully saturated rings. The maximum absolute atomic E-state index is 12.6. The number of nitrogens with one attached hydrogen (secondary N) is 1. The van der Waals surface area contributed by atoms with E-state index in [1.54, 1.807) is 13.8 Å². The molecule has 5 N–H and O–H groups in total. The Morgan fingerprint density at radius 1 is 1.23 bits per heavy atom. The second-order valence-corrected chi connectivity index (χ2v) is 6.82. The average Bonchev–Trinajstić information content (AvgIpc) is 2.86. The summed E-state index contributed by atoms with van der Waals surface area (Å²) in [7, 11) is 0. The van der Waals surface area contributed by atoms with Crippen molar-refractivity contribution < 1.29 is 34.2 Å². The molecule has 0 radical (unpaired) electrons. The fraction of sp³-hybridized carbons (Fsp3) is 0.688. The molecule has 4 atom stereocenters. The lowest BCUT2D eigenvalue weighted by Crippen LogP contribution is -2.50. The first kappa shape index (κ1) is 21.6. The van der Waals surface area contributed by atoms with Crippen molar-refractivity contribution in [3.63, 3.8) is 0 Å². The standard InChI is InChI=1S/C16H25N3O7/c1-7(2)13(16(25)26)19-6-9(4-11(19)20)14(23)10(5-12(21)22)18-15(24)8(3)17/h7-10,13H,4-6,17H2,1-3H3,(H,18,24)(H,21,22)(H,25,26)/t8-,9-,10-,13-/m0/s1. The summed E-state index contributed by atoms with van der Waals surface area (Å²) < 4.78 is 0. The van der Waals surface area contributed by atoms with Crippen molar-refractivity contribution in [1.82, 2.24) is 10.2 Å².